The molecule has 1 amide bonds. The Morgan fingerprint density at radius 1 is 0.955 bits per heavy atom. The fraction of sp³-hybridized carbons (Fsp3) is 0.333. The third kappa shape index (κ3) is 8.23. The molecule has 1 fully saturated rings. The topological polar surface area (TPSA) is 79.5 Å². The first kappa shape index (κ1) is 31.2. The van der Waals surface area contributed by atoms with Crippen LogP contribution in [0.5, 0.6) is 5.75 Å². The molecular formula is C33H34F4N4O3. The summed E-state index contributed by atoms with van der Waals surface area (Å²) in [6.07, 6.45) is -4.45. The zero-order valence-electron chi connectivity index (χ0n) is 24.1. The predicted octanol–water partition coefficient (Wildman–Crippen LogP) is 6.22. The van der Waals surface area contributed by atoms with Crippen LogP contribution in [0.15, 0.2) is 72.8 Å². The molecule has 3 aromatic carbocycles. The third-order valence-corrected chi connectivity index (χ3v) is 7.40. The van der Waals surface area contributed by atoms with E-state index in [2.05, 4.69) is 15.5 Å². The average molecular weight is 611 g/mol. The van der Waals surface area contributed by atoms with Crippen molar-refractivity contribution in [1.29, 1.82) is 0 Å². The Hall–Kier alpha value is -4.22. The second-order valence-electron chi connectivity index (χ2n) is 10.5. The van der Waals surface area contributed by atoms with Gasteiger partial charge in [0.2, 0.25) is 11.9 Å². The summed E-state index contributed by atoms with van der Waals surface area (Å²) in [6.45, 7) is 4.08. The summed E-state index contributed by atoms with van der Waals surface area (Å²) in [5, 5.41) is 9.64. The van der Waals surface area contributed by atoms with Gasteiger partial charge in [0.1, 0.15) is 12.4 Å². The van der Waals surface area contributed by atoms with Crippen LogP contribution in [-0.4, -0.2) is 73.2 Å². The average Bonchev–Trinajstić information content (AvgIpc) is 3.41. The molecule has 1 aliphatic rings. The lowest BCUT2D eigenvalue weighted by Crippen LogP contribution is -2.40. The Kier molecular flexibility index (Phi) is 10.3. The number of carbonyl (C=O) groups is 1. The molecule has 44 heavy (non-hydrogen) atoms. The number of allylic oxidation sites excluding steroid dienone is 1. The number of alkyl halides is 3. The van der Waals surface area contributed by atoms with Crippen molar-refractivity contribution in [2.45, 2.75) is 25.4 Å². The lowest BCUT2D eigenvalue weighted by atomic mass is 9.87. The van der Waals surface area contributed by atoms with Crippen LogP contribution in [0.25, 0.3) is 22.0 Å². The fourth-order valence-electron chi connectivity index (χ4n) is 5.25. The van der Waals surface area contributed by atoms with Crippen molar-refractivity contribution in [3.05, 3.63) is 95.4 Å². The van der Waals surface area contributed by atoms with Crippen molar-refractivity contribution in [2.75, 3.05) is 46.0 Å². The van der Waals surface area contributed by atoms with Crippen LogP contribution in [0.4, 0.5) is 17.6 Å². The molecule has 0 aliphatic carbocycles. The molecule has 1 saturated heterocycles. The van der Waals surface area contributed by atoms with Crippen molar-refractivity contribution in [3.8, 4) is 5.75 Å². The first-order valence-electron chi connectivity index (χ1n) is 14.6. The van der Waals surface area contributed by atoms with E-state index in [4.69, 9.17) is 9.47 Å². The zero-order chi connectivity index (χ0) is 30.9. The van der Waals surface area contributed by atoms with Crippen LogP contribution < -0.4 is 10.1 Å². The van der Waals surface area contributed by atoms with Crippen LogP contribution in [0, 0.1) is 5.95 Å². The number of fused-ring (bicyclic) bond motifs is 1. The second-order valence-corrected chi connectivity index (χ2v) is 10.5. The molecule has 1 aromatic heterocycles. The quantitative estimate of drug-likeness (QED) is 0.113. The first-order chi connectivity index (χ1) is 21.3. The Bertz CT molecular complexity index is 1560. The molecule has 0 spiro atoms. The highest BCUT2D eigenvalue weighted by atomic mass is 19.4. The molecule has 0 unspecified atom stereocenters. The van der Waals surface area contributed by atoms with Crippen molar-refractivity contribution >= 4 is 28.0 Å². The van der Waals surface area contributed by atoms with Crippen LogP contribution in [0.1, 0.15) is 36.0 Å². The van der Waals surface area contributed by atoms with Crippen molar-refractivity contribution in [3.63, 3.8) is 0 Å². The summed E-state index contributed by atoms with van der Waals surface area (Å²) in [4.78, 5) is 14.1. The molecule has 0 saturated carbocycles. The van der Waals surface area contributed by atoms with Gasteiger partial charge in [-0.25, -0.2) is 0 Å². The number of aromatic nitrogens is 2. The molecular weight excluding hydrogens is 576 g/mol. The number of ether oxygens (including phenoxy) is 2. The third-order valence-electron chi connectivity index (χ3n) is 7.40. The largest absolute Gasteiger partial charge is 0.492 e. The molecule has 7 nitrogen and oxygen atoms in total. The van der Waals surface area contributed by atoms with Crippen molar-refractivity contribution in [2.24, 2.45) is 0 Å². The number of H-pyrrole nitrogens is 1. The van der Waals surface area contributed by atoms with Gasteiger partial charge in [-0.15, -0.1) is 5.10 Å². The van der Waals surface area contributed by atoms with Gasteiger partial charge in [-0.05, 0) is 65.1 Å². The number of aromatic amines is 1. The van der Waals surface area contributed by atoms with Gasteiger partial charge in [-0.1, -0.05) is 48.5 Å². The number of halogens is 4. The summed E-state index contributed by atoms with van der Waals surface area (Å²) >= 11 is 0. The second kappa shape index (κ2) is 14.5. The van der Waals surface area contributed by atoms with Crippen LogP contribution >= 0.6 is 0 Å². The van der Waals surface area contributed by atoms with E-state index >= 15 is 0 Å². The van der Waals surface area contributed by atoms with E-state index in [0.29, 0.717) is 86.0 Å². The van der Waals surface area contributed by atoms with Gasteiger partial charge in [-0.3, -0.25) is 9.89 Å². The van der Waals surface area contributed by atoms with Gasteiger partial charge < -0.3 is 19.7 Å². The molecule has 1 aliphatic heterocycles. The number of amides is 1. The van der Waals surface area contributed by atoms with Gasteiger partial charge in [0.15, 0.2) is 0 Å². The highest BCUT2D eigenvalue weighted by Gasteiger charge is 2.31. The summed E-state index contributed by atoms with van der Waals surface area (Å²) in [7, 11) is 0. The molecule has 2 heterocycles. The van der Waals surface area contributed by atoms with Gasteiger partial charge in [0, 0.05) is 26.1 Å². The zero-order valence-corrected chi connectivity index (χ0v) is 24.1. The van der Waals surface area contributed by atoms with E-state index in [1.807, 2.05) is 4.90 Å². The highest BCUT2D eigenvalue weighted by molar-refractivity contribution is 6.00. The van der Waals surface area contributed by atoms with Crippen LogP contribution in [-0.2, 0) is 9.53 Å². The highest BCUT2D eigenvalue weighted by Crippen LogP contribution is 2.40. The number of benzene rings is 3. The monoisotopic (exact) mass is 610 g/mol. The number of nitrogens with zero attached hydrogens (tertiary/aromatic N) is 2. The number of morpholine rings is 1. The van der Waals surface area contributed by atoms with E-state index in [1.54, 1.807) is 66.7 Å². The number of rotatable bonds is 12. The Balaban J connectivity index is 1.29. The molecule has 0 atom stereocenters. The molecule has 11 heteroatoms. The molecule has 2 N–H and O–H groups in total. The molecule has 232 valence electrons. The fourth-order valence-corrected chi connectivity index (χ4v) is 5.25. The lowest BCUT2D eigenvalue weighted by Gasteiger charge is -2.26. The Labute approximate surface area is 252 Å². The lowest BCUT2D eigenvalue weighted by molar-refractivity contribution is -0.135. The number of hydrogen-bond donors (Lipinski definition) is 2. The van der Waals surface area contributed by atoms with E-state index in [1.165, 1.54) is 6.07 Å². The molecule has 0 radical (unpaired) electrons. The number of nitrogens with one attached hydrogen (secondary N) is 2. The first-order valence-corrected chi connectivity index (χ1v) is 14.6. The summed E-state index contributed by atoms with van der Waals surface area (Å²) < 4.78 is 67.3. The standard InChI is InChI=1S/C33H34F4N4O3/c34-32-27-21-25(10-13-29(27)39-40-32)31(28(22-33(35,36)37)23-5-2-1-3-6-23)24-8-11-26(12-9-24)44-18-15-38-14-4-7-30(42)41-16-19-43-20-17-41/h1-3,5-6,8-13,21,38H,4,7,14-20,22H2,(H,39,40). The Morgan fingerprint density at radius 2 is 1.68 bits per heavy atom. The summed E-state index contributed by atoms with van der Waals surface area (Å²) in [5.41, 5.74) is 2.26. The van der Waals surface area contributed by atoms with E-state index < -0.39 is 18.5 Å². The van der Waals surface area contributed by atoms with Gasteiger partial charge in [-0.2, -0.15) is 17.6 Å². The van der Waals surface area contributed by atoms with Gasteiger partial charge in [0.25, 0.3) is 0 Å². The summed E-state index contributed by atoms with van der Waals surface area (Å²) in [6, 6.07) is 20.1. The van der Waals surface area contributed by atoms with Crippen molar-refractivity contribution < 1.29 is 31.8 Å². The SMILES string of the molecule is O=C(CCCNCCOc1ccc(C(=C(CC(F)(F)F)c2ccccc2)c2ccc3[nH]nc(F)c3c2)cc1)N1CCOCC1. The maximum atomic E-state index is 14.4. The number of hydrogen-bond acceptors (Lipinski definition) is 5. The normalized spacial score (nSPS) is 14.5. The molecule has 4 aromatic rings. The van der Waals surface area contributed by atoms with Gasteiger partial charge in [0.05, 0.1) is 30.5 Å². The van der Waals surface area contributed by atoms with E-state index in [9.17, 15) is 22.4 Å². The van der Waals surface area contributed by atoms with Crippen LogP contribution in [0.3, 0.4) is 0 Å². The molecule has 0 bridgehead atoms. The minimum absolute atomic E-state index is 0.0753. The van der Waals surface area contributed by atoms with Gasteiger partial charge >= 0.3 is 6.18 Å². The summed E-state index contributed by atoms with van der Waals surface area (Å²) in [5.74, 6) is -0.0227. The minimum atomic E-state index is -4.48. The van der Waals surface area contributed by atoms with E-state index in [0.717, 1.165) is 6.42 Å². The number of carbonyl (C=O) groups excluding carboxylic acids is 1. The van der Waals surface area contributed by atoms with Crippen LogP contribution in [0.2, 0.25) is 0 Å². The smallest absolute Gasteiger partial charge is 0.393 e. The van der Waals surface area contributed by atoms with E-state index in [-0.39, 0.29) is 16.9 Å². The maximum absolute atomic E-state index is 14.4. The molecule has 5 rings (SSSR count). The van der Waals surface area contributed by atoms with Crippen molar-refractivity contribution in [1.82, 2.24) is 20.4 Å². The maximum Gasteiger partial charge on any atom is 0.393 e. The Morgan fingerprint density at radius 3 is 2.41 bits per heavy atom. The minimum Gasteiger partial charge on any atom is -0.492 e. The predicted molar refractivity (Wildman–Crippen MR) is 161 cm³/mol.